The molecule has 0 atom stereocenters. The third-order valence-electron chi connectivity index (χ3n) is 5.92. The summed E-state index contributed by atoms with van der Waals surface area (Å²) in [4.78, 5) is 12.1. The van der Waals surface area contributed by atoms with Gasteiger partial charge in [-0.05, 0) is 64.9 Å². The summed E-state index contributed by atoms with van der Waals surface area (Å²) in [5, 5.41) is 9.24. The Bertz CT molecular complexity index is 1370. The van der Waals surface area contributed by atoms with E-state index in [0.29, 0.717) is 16.7 Å². The predicted molar refractivity (Wildman–Crippen MR) is 138 cm³/mol. The number of benzene rings is 4. The van der Waals surface area contributed by atoms with Crippen LogP contribution in [0.4, 0.5) is 4.39 Å². The van der Waals surface area contributed by atoms with E-state index in [1.54, 1.807) is 37.3 Å². The van der Waals surface area contributed by atoms with Gasteiger partial charge in [-0.2, -0.15) is 0 Å². The molecule has 0 spiro atoms. The summed E-state index contributed by atoms with van der Waals surface area (Å²) >= 11 is 0. The van der Waals surface area contributed by atoms with Gasteiger partial charge in [-0.3, -0.25) is 0 Å². The monoisotopic (exact) mass is 466 g/mol. The van der Waals surface area contributed by atoms with Crippen molar-refractivity contribution in [2.24, 2.45) is 0 Å². The zero-order valence-electron chi connectivity index (χ0n) is 19.8. The second kappa shape index (κ2) is 10.5. The average Bonchev–Trinajstić information content (AvgIpc) is 2.87. The van der Waals surface area contributed by atoms with Gasteiger partial charge in [0.15, 0.2) is 0 Å². The summed E-state index contributed by atoms with van der Waals surface area (Å²) in [5.41, 5.74) is 7.75. The highest BCUT2D eigenvalue weighted by Crippen LogP contribution is 2.33. The highest BCUT2D eigenvalue weighted by Gasteiger charge is 2.14. The van der Waals surface area contributed by atoms with Crippen LogP contribution in [0.15, 0.2) is 97.1 Å². The summed E-state index contributed by atoms with van der Waals surface area (Å²) in [6.07, 6.45) is 0. The molecule has 0 bridgehead atoms. The van der Waals surface area contributed by atoms with Crippen LogP contribution in [0.1, 0.15) is 23.6 Å². The smallest absolute Gasteiger partial charge is 0.333 e. The Morgan fingerprint density at radius 2 is 1.43 bits per heavy atom. The molecule has 4 rings (SSSR count). The topological polar surface area (TPSA) is 46.5 Å². The van der Waals surface area contributed by atoms with Gasteiger partial charge in [0.2, 0.25) is 0 Å². The van der Waals surface area contributed by atoms with Crippen LogP contribution in [0.3, 0.4) is 0 Å². The number of hydrogen-bond acceptors (Lipinski definition) is 3. The molecule has 4 heteroatoms. The summed E-state index contributed by atoms with van der Waals surface area (Å²) in [7, 11) is 0. The largest absolute Gasteiger partial charge is 0.457 e. The average molecular weight is 467 g/mol. The summed E-state index contributed by atoms with van der Waals surface area (Å²) in [6.45, 7) is 7.28. The van der Waals surface area contributed by atoms with E-state index in [0.717, 1.165) is 33.4 Å². The van der Waals surface area contributed by atoms with E-state index >= 15 is 4.39 Å². The Morgan fingerprint density at radius 1 is 0.829 bits per heavy atom. The fraction of sp³-hybridized carbons (Fsp3) is 0.129. The maximum atomic E-state index is 15.2. The SMILES string of the molecule is C=C(C)C(=O)OCc1cc(-c2ccc(C)cc2)ccc1-c1ccc(-c2ccc(CO)cc2)c(F)c1. The highest BCUT2D eigenvalue weighted by atomic mass is 19.1. The minimum atomic E-state index is -0.468. The van der Waals surface area contributed by atoms with Gasteiger partial charge in [0.05, 0.1) is 6.61 Å². The van der Waals surface area contributed by atoms with E-state index in [1.165, 1.54) is 11.6 Å². The van der Waals surface area contributed by atoms with Crippen LogP contribution in [0.2, 0.25) is 0 Å². The first kappa shape index (κ1) is 24.1. The van der Waals surface area contributed by atoms with Gasteiger partial charge < -0.3 is 9.84 Å². The lowest BCUT2D eigenvalue weighted by molar-refractivity contribution is -0.140. The summed E-state index contributed by atoms with van der Waals surface area (Å²) in [5.74, 6) is -0.823. The quantitative estimate of drug-likeness (QED) is 0.231. The maximum absolute atomic E-state index is 15.2. The molecule has 3 nitrogen and oxygen atoms in total. The highest BCUT2D eigenvalue weighted by molar-refractivity contribution is 5.87. The van der Waals surface area contributed by atoms with Gasteiger partial charge in [-0.1, -0.05) is 84.9 Å². The van der Waals surface area contributed by atoms with Gasteiger partial charge in [0.1, 0.15) is 12.4 Å². The Hall–Kier alpha value is -4.02. The number of carbonyl (C=O) groups excluding carboxylic acids is 1. The van der Waals surface area contributed by atoms with Crippen LogP contribution < -0.4 is 0 Å². The summed E-state index contributed by atoms with van der Waals surface area (Å²) < 4.78 is 20.6. The Labute approximate surface area is 205 Å². The van der Waals surface area contributed by atoms with Gasteiger partial charge in [0.25, 0.3) is 0 Å². The lowest BCUT2D eigenvalue weighted by atomic mass is 9.93. The van der Waals surface area contributed by atoms with Crippen molar-refractivity contribution < 1.29 is 19.0 Å². The van der Waals surface area contributed by atoms with E-state index in [-0.39, 0.29) is 19.0 Å². The van der Waals surface area contributed by atoms with E-state index in [2.05, 4.69) is 6.58 Å². The molecule has 0 aliphatic carbocycles. The zero-order chi connectivity index (χ0) is 24.9. The minimum absolute atomic E-state index is 0.0483. The molecule has 35 heavy (non-hydrogen) atoms. The van der Waals surface area contributed by atoms with E-state index in [4.69, 9.17) is 4.74 Å². The van der Waals surface area contributed by atoms with E-state index in [1.807, 2.05) is 55.5 Å². The number of carbonyl (C=O) groups is 1. The minimum Gasteiger partial charge on any atom is -0.457 e. The van der Waals surface area contributed by atoms with Gasteiger partial charge in [0, 0.05) is 11.1 Å². The van der Waals surface area contributed by atoms with Crippen molar-refractivity contribution >= 4 is 5.97 Å². The van der Waals surface area contributed by atoms with Gasteiger partial charge in [-0.25, -0.2) is 9.18 Å². The van der Waals surface area contributed by atoms with Gasteiger partial charge >= 0.3 is 5.97 Å². The molecule has 4 aromatic rings. The molecule has 4 aromatic carbocycles. The van der Waals surface area contributed by atoms with Crippen molar-refractivity contribution in [1.82, 2.24) is 0 Å². The molecule has 0 saturated carbocycles. The predicted octanol–water partition coefficient (Wildman–Crippen LogP) is 7.25. The Kier molecular flexibility index (Phi) is 7.23. The Morgan fingerprint density at radius 3 is 2.06 bits per heavy atom. The first-order valence-corrected chi connectivity index (χ1v) is 11.4. The second-order valence-electron chi connectivity index (χ2n) is 8.64. The first-order chi connectivity index (χ1) is 16.9. The van der Waals surface area contributed by atoms with Crippen molar-refractivity contribution in [2.75, 3.05) is 0 Å². The molecule has 0 unspecified atom stereocenters. The van der Waals surface area contributed by atoms with Crippen LogP contribution in [-0.2, 0) is 22.7 Å². The first-order valence-electron chi connectivity index (χ1n) is 11.4. The van der Waals surface area contributed by atoms with E-state index < -0.39 is 5.97 Å². The molecule has 176 valence electrons. The Balaban J connectivity index is 1.72. The molecule has 0 aliphatic rings. The fourth-order valence-electron chi connectivity index (χ4n) is 3.89. The van der Waals surface area contributed by atoms with Crippen LogP contribution >= 0.6 is 0 Å². The molecule has 0 aliphatic heterocycles. The van der Waals surface area contributed by atoms with Crippen LogP contribution in [0.25, 0.3) is 33.4 Å². The summed E-state index contributed by atoms with van der Waals surface area (Å²) in [6, 6.07) is 26.3. The van der Waals surface area contributed by atoms with Crippen molar-refractivity contribution in [2.45, 2.75) is 27.1 Å². The normalized spacial score (nSPS) is 10.7. The number of aliphatic hydroxyl groups excluding tert-OH is 1. The van der Waals surface area contributed by atoms with Crippen LogP contribution in [0.5, 0.6) is 0 Å². The molecule has 0 heterocycles. The molecule has 0 fully saturated rings. The number of esters is 1. The lowest BCUT2D eigenvalue weighted by Gasteiger charge is -2.14. The lowest BCUT2D eigenvalue weighted by Crippen LogP contribution is -2.06. The van der Waals surface area contributed by atoms with Crippen LogP contribution in [0, 0.1) is 12.7 Å². The molecule has 0 amide bonds. The molecule has 0 radical (unpaired) electrons. The number of aliphatic hydroxyl groups is 1. The van der Waals surface area contributed by atoms with E-state index in [9.17, 15) is 9.90 Å². The maximum Gasteiger partial charge on any atom is 0.333 e. The molecular formula is C31H27FO3. The van der Waals surface area contributed by atoms with Crippen molar-refractivity contribution in [3.05, 3.63) is 120 Å². The van der Waals surface area contributed by atoms with Crippen LogP contribution in [-0.4, -0.2) is 11.1 Å². The van der Waals surface area contributed by atoms with Crippen molar-refractivity contribution in [3.8, 4) is 33.4 Å². The van der Waals surface area contributed by atoms with Crippen molar-refractivity contribution in [3.63, 3.8) is 0 Å². The third-order valence-corrected chi connectivity index (χ3v) is 5.92. The molecule has 1 N–H and O–H groups in total. The number of hydrogen-bond donors (Lipinski definition) is 1. The standard InChI is InChI=1S/C31H27FO3/c1-20(2)31(34)35-19-27-16-25(23-8-4-21(3)5-9-23)12-14-28(27)26-13-15-29(30(32)17-26)24-10-6-22(18-33)7-11-24/h4-17,33H,1,18-19H2,2-3H3. The second-order valence-corrected chi connectivity index (χ2v) is 8.64. The number of ether oxygens (including phenoxy) is 1. The fourth-order valence-corrected chi connectivity index (χ4v) is 3.89. The zero-order valence-corrected chi connectivity index (χ0v) is 19.8. The number of rotatable bonds is 7. The van der Waals surface area contributed by atoms with Crippen molar-refractivity contribution in [1.29, 1.82) is 0 Å². The van der Waals surface area contributed by atoms with Gasteiger partial charge in [-0.15, -0.1) is 0 Å². The number of halogens is 1. The molecular weight excluding hydrogens is 439 g/mol. The molecule has 0 saturated heterocycles. The number of aryl methyl sites for hydroxylation is 1. The molecule has 0 aromatic heterocycles. The third kappa shape index (κ3) is 5.56.